The molecule has 4 rings (SSSR count). The van der Waals surface area contributed by atoms with E-state index in [9.17, 15) is 4.79 Å². The topological polar surface area (TPSA) is 48.9 Å². The number of pyridine rings is 1. The number of hydrogen-bond acceptors (Lipinski definition) is 5. The molecule has 1 aromatic heterocycles. The molecule has 0 aromatic carbocycles. The molecule has 3 aliphatic heterocycles. The number of ether oxygens (including phenoxy) is 1. The molecule has 1 atom stereocenters. The van der Waals surface area contributed by atoms with Gasteiger partial charge in [0.15, 0.2) is 0 Å². The number of carbonyl (C=O) groups is 1. The van der Waals surface area contributed by atoms with E-state index in [0.29, 0.717) is 11.7 Å². The van der Waals surface area contributed by atoms with Gasteiger partial charge in [-0.1, -0.05) is 0 Å². The molecule has 1 amide bonds. The molecule has 142 valence electrons. The summed E-state index contributed by atoms with van der Waals surface area (Å²) in [5, 5.41) is 0. The predicted molar refractivity (Wildman–Crippen MR) is 102 cm³/mol. The second-order valence-electron chi connectivity index (χ2n) is 7.78. The third-order valence-electron chi connectivity index (χ3n) is 6.06. The maximum absolute atomic E-state index is 13.1. The van der Waals surface area contributed by atoms with Crippen LogP contribution in [-0.4, -0.2) is 78.7 Å². The van der Waals surface area contributed by atoms with Crippen molar-refractivity contribution < 1.29 is 9.53 Å². The van der Waals surface area contributed by atoms with E-state index in [1.807, 2.05) is 17.0 Å². The van der Waals surface area contributed by atoms with Gasteiger partial charge in [0.05, 0.1) is 0 Å². The lowest BCUT2D eigenvalue weighted by Crippen LogP contribution is -2.57. The molecule has 3 saturated heterocycles. The van der Waals surface area contributed by atoms with E-state index in [-0.39, 0.29) is 11.9 Å². The zero-order valence-corrected chi connectivity index (χ0v) is 15.8. The van der Waals surface area contributed by atoms with Gasteiger partial charge in [0.1, 0.15) is 5.69 Å². The fourth-order valence-corrected chi connectivity index (χ4v) is 4.52. The van der Waals surface area contributed by atoms with Gasteiger partial charge in [0.2, 0.25) is 0 Å². The lowest BCUT2D eigenvalue weighted by molar-refractivity contribution is 0.000552. The highest BCUT2D eigenvalue weighted by Crippen LogP contribution is 2.23. The van der Waals surface area contributed by atoms with E-state index in [1.54, 1.807) is 6.20 Å². The van der Waals surface area contributed by atoms with E-state index >= 15 is 0 Å². The number of aromatic nitrogens is 1. The normalized spacial score (nSPS) is 25.7. The van der Waals surface area contributed by atoms with Crippen LogP contribution in [0.4, 0.5) is 5.69 Å². The zero-order valence-electron chi connectivity index (χ0n) is 15.8. The smallest absolute Gasteiger partial charge is 0.272 e. The Kier molecular flexibility index (Phi) is 5.41. The Hall–Kier alpha value is -1.66. The van der Waals surface area contributed by atoms with E-state index < -0.39 is 0 Å². The average molecular weight is 358 g/mol. The van der Waals surface area contributed by atoms with Gasteiger partial charge >= 0.3 is 0 Å². The van der Waals surface area contributed by atoms with Crippen LogP contribution in [0.15, 0.2) is 18.3 Å². The summed E-state index contributed by atoms with van der Waals surface area (Å²) in [5.41, 5.74) is 1.72. The molecule has 0 spiro atoms. The first-order valence-corrected chi connectivity index (χ1v) is 10.1. The van der Waals surface area contributed by atoms with Gasteiger partial charge in [-0.3, -0.25) is 14.7 Å². The van der Waals surface area contributed by atoms with Crippen molar-refractivity contribution in [2.75, 3.05) is 50.8 Å². The molecule has 0 aliphatic carbocycles. The predicted octanol–water partition coefficient (Wildman–Crippen LogP) is 2.01. The summed E-state index contributed by atoms with van der Waals surface area (Å²) in [7, 11) is 0. The van der Waals surface area contributed by atoms with Crippen LogP contribution in [0.1, 0.15) is 43.1 Å². The molecule has 3 fully saturated rings. The first-order valence-electron chi connectivity index (χ1n) is 10.1. The monoisotopic (exact) mass is 358 g/mol. The Morgan fingerprint density at radius 2 is 1.92 bits per heavy atom. The van der Waals surface area contributed by atoms with Crippen molar-refractivity contribution in [3.8, 4) is 0 Å². The average Bonchev–Trinajstić information content (AvgIpc) is 3.23. The standard InChI is InChI=1S/C20H30N4O2/c1-16-15-23(17-5-12-26-13-6-17)10-11-24(16)20(25)19-14-18(4-7-21-19)22-8-2-3-9-22/h4,7,14,16-17H,2-3,5-6,8-13,15H2,1H3/t16-/m0/s1. The third-order valence-corrected chi connectivity index (χ3v) is 6.06. The SMILES string of the molecule is C[C@H]1CN(C2CCOCC2)CCN1C(=O)c1cc(N2CCCC2)ccn1. The van der Waals surface area contributed by atoms with Crippen molar-refractivity contribution in [1.29, 1.82) is 0 Å². The first-order chi connectivity index (χ1) is 12.7. The Bertz CT molecular complexity index is 626. The summed E-state index contributed by atoms with van der Waals surface area (Å²) in [6.45, 7) is 8.74. The highest BCUT2D eigenvalue weighted by Gasteiger charge is 2.32. The fraction of sp³-hybridized carbons (Fsp3) is 0.700. The molecule has 6 nitrogen and oxygen atoms in total. The van der Waals surface area contributed by atoms with Crippen molar-refractivity contribution in [2.24, 2.45) is 0 Å². The molecule has 0 N–H and O–H groups in total. The number of rotatable bonds is 3. The summed E-state index contributed by atoms with van der Waals surface area (Å²) in [5.74, 6) is 0.0742. The molecule has 0 unspecified atom stereocenters. The van der Waals surface area contributed by atoms with Crippen LogP contribution in [0.5, 0.6) is 0 Å². The van der Waals surface area contributed by atoms with Crippen LogP contribution in [-0.2, 0) is 4.74 Å². The van der Waals surface area contributed by atoms with Crippen LogP contribution in [0.25, 0.3) is 0 Å². The lowest BCUT2D eigenvalue weighted by atomic mass is 10.0. The molecule has 26 heavy (non-hydrogen) atoms. The molecule has 0 bridgehead atoms. The molecule has 6 heteroatoms. The number of carbonyl (C=O) groups excluding carboxylic acids is 1. The second-order valence-corrected chi connectivity index (χ2v) is 7.78. The first kappa shape index (κ1) is 17.7. The van der Waals surface area contributed by atoms with Gasteiger partial charge in [-0.15, -0.1) is 0 Å². The minimum absolute atomic E-state index is 0.0742. The summed E-state index contributed by atoms with van der Waals surface area (Å²) in [6.07, 6.45) is 6.47. The highest BCUT2D eigenvalue weighted by molar-refractivity contribution is 5.93. The maximum Gasteiger partial charge on any atom is 0.272 e. The maximum atomic E-state index is 13.1. The Balaban J connectivity index is 1.41. The van der Waals surface area contributed by atoms with Crippen LogP contribution in [0, 0.1) is 0 Å². The van der Waals surface area contributed by atoms with Crippen LogP contribution in [0.3, 0.4) is 0 Å². The van der Waals surface area contributed by atoms with Crippen LogP contribution < -0.4 is 4.90 Å². The lowest BCUT2D eigenvalue weighted by Gasteiger charge is -2.44. The third kappa shape index (κ3) is 3.71. The molecule has 0 radical (unpaired) electrons. The van der Waals surface area contributed by atoms with Crippen molar-refractivity contribution >= 4 is 11.6 Å². The summed E-state index contributed by atoms with van der Waals surface area (Å²) in [6, 6.07) is 4.83. The van der Waals surface area contributed by atoms with Crippen LogP contribution in [0.2, 0.25) is 0 Å². The van der Waals surface area contributed by atoms with Gasteiger partial charge < -0.3 is 14.5 Å². The van der Waals surface area contributed by atoms with Gasteiger partial charge in [0, 0.05) is 69.9 Å². The minimum atomic E-state index is 0.0742. The van der Waals surface area contributed by atoms with Crippen molar-refractivity contribution in [1.82, 2.24) is 14.8 Å². The van der Waals surface area contributed by atoms with E-state index in [2.05, 4.69) is 21.7 Å². The Morgan fingerprint density at radius 1 is 1.15 bits per heavy atom. The summed E-state index contributed by atoms with van der Waals surface area (Å²) in [4.78, 5) is 24.4. The van der Waals surface area contributed by atoms with Crippen molar-refractivity contribution in [2.45, 2.75) is 44.7 Å². The zero-order chi connectivity index (χ0) is 17.9. The molecular weight excluding hydrogens is 328 g/mol. The quantitative estimate of drug-likeness (QED) is 0.827. The molecular formula is C20H30N4O2. The van der Waals surface area contributed by atoms with Crippen LogP contribution >= 0.6 is 0 Å². The number of piperazine rings is 1. The van der Waals surface area contributed by atoms with Gasteiger partial charge in [-0.2, -0.15) is 0 Å². The Morgan fingerprint density at radius 3 is 2.65 bits per heavy atom. The molecule has 1 aromatic rings. The van der Waals surface area contributed by atoms with Gasteiger partial charge in [0.25, 0.3) is 5.91 Å². The second kappa shape index (κ2) is 7.92. The Labute approximate surface area is 156 Å². The molecule has 3 aliphatic rings. The highest BCUT2D eigenvalue weighted by atomic mass is 16.5. The van der Waals surface area contributed by atoms with E-state index in [1.165, 1.54) is 12.8 Å². The minimum Gasteiger partial charge on any atom is -0.381 e. The number of hydrogen-bond donors (Lipinski definition) is 0. The van der Waals surface area contributed by atoms with E-state index in [0.717, 1.165) is 64.5 Å². The number of nitrogens with zero attached hydrogens (tertiary/aromatic N) is 4. The molecule has 0 saturated carbocycles. The van der Waals surface area contributed by atoms with E-state index in [4.69, 9.17) is 4.74 Å². The summed E-state index contributed by atoms with van der Waals surface area (Å²) < 4.78 is 5.48. The molecule has 4 heterocycles. The van der Waals surface area contributed by atoms with Gasteiger partial charge in [-0.05, 0) is 44.7 Å². The number of amides is 1. The largest absolute Gasteiger partial charge is 0.381 e. The number of anilines is 1. The van der Waals surface area contributed by atoms with Crippen molar-refractivity contribution in [3.05, 3.63) is 24.0 Å². The summed E-state index contributed by atoms with van der Waals surface area (Å²) >= 11 is 0. The van der Waals surface area contributed by atoms with Crippen molar-refractivity contribution in [3.63, 3.8) is 0 Å². The van der Waals surface area contributed by atoms with Gasteiger partial charge in [-0.25, -0.2) is 0 Å². The fourth-order valence-electron chi connectivity index (χ4n) is 4.52.